The number of rotatable bonds is 6. The lowest BCUT2D eigenvalue weighted by Crippen LogP contribution is -2.40. The van der Waals surface area contributed by atoms with E-state index < -0.39 is 0 Å². The monoisotopic (exact) mass is 384 g/mol. The predicted molar refractivity (Wildman–Crippen MR) is 101 cm³/mol. The van der Waals surface area contributed by atoms with Crippen LogP contribution in [0.15, 0.2) is 28.8 Å². The third-order valence-corrected chi connectivity index (χ3v) is 5.12. The fraction of sp³-hybridized carbons (Fsp3) is 0.500. The van der Waals surface area contributed by atoms with Gasteiger partial charge in [0.15, 0.2) is 5.82 Å². The van der Waals surface area contributed by atoms with E-state index in [1.165, 1.54) is 0 Å². The molecule has 1 saturated carbocycles. The Labute approximate surface area is 163 Å². The minimum Gasteiger partial charge on any atom is -0.378 e. The van der Waals surface area contributed by atoms with Gasteiger partial charge in [0.1, 0.15) is 0 Å². The second kappa shape index (κ2) is 8.10. The van der Waals surface area contributed by atoms with E-state index in [9.17, 15) is 9.59 Å². The van der Waals surface area contributed by atoms with Crippen LogP contribution >= 0.6 is 0 Å². The molecule has 1 aliphatic heterocycles. The van der Waals surface area contributed by atoms with E-state index in [2.05, 4.69) is 10.1 Å². The molecule has 2 aromatic rings. The van der Waals surface area contributed by atoms with Crippen molar-refractivity contribution in [3.63, 3.8) is 0 Å². The Kier molecular flexibility index (Phi) is 5.38. The Morgan fingerprint density at radius 3 is 2.57 bits per heavy atom. The minimum atomic E-state index is 0.00411. The van der Waals surface area contributed by atoms with Gasteiger partial charge in [-0.05, 0) is 37.1 Å². The summed E-state index contributed by atoms with van der Waals surface area (Å²) in [5.41, 5.74) is 1.39. The molecule has 8 heteroatoms. The Morgan fingerprint density at radius 2 is 1.89 bits per heavy atom. The number of hydrogen-bond donors (Lipinski definition) is 0. The molecule has 148 valence electrons. The molecule has 2 heterocycles. The lowest BCUT2D eigenvalue weighted by atomic mass is 10.1. The van der Waals surface area contributed by atoms with Gasteiger partial charge in [-0.15, -0.1) is 0 Å². The summed E-state index contributed by atoms with van der Waals surface area (Å²) in [5.74, 6) is 1.40. The van der Waals surface area contributed by atoms with E-state index in [-0.39, 0.29) is 17.7 Å². The molecule has 1 aromatic heterocycles. The molecule has 0 atom stereocenters. The van der Waals surface area contributed by atoms with Crippen molar-refractivity contribution in [2.75, 3.05) is 39.9 Å². The van der Waals surface area contributed by atoms with Crippen LogP contribution in [0.4, 0.5) is 0 Å². The molecule has 0 unspecified atom stereocenters. The van der Waals surface area contributed by atoms with E-state index >= 15 is 0 Å². The zero-order valence-electron chi connectivity index (χ0n) is 16.0. The molecule has 1 aliphatic carbocycles. The van der Waals surface area contributed by atoms with Gasteiger partial charge in [0.05, 0.1) is 13.2 Å². The largest absolute Gasteiger partial charge is 0.378 e. The van der Waals surface area contributed by atoms with Crippen molar-refractivity contribution in [2.45, 2.75) is 19.3 Å². The fourth-order valence-electron chi connectivity index (χ4n) is 3.20. The number of carbonyl (C=O) groups excluding carboxylic acids is 2. The summed E-state index contributed by atoms with van der Waals surface area (Å²) in [6.45, 7) is 2.96. The number of amides is 2. The molecular weight excluding hydrogens is 360 g/mol. The summed E-state index contributed by atoms with van der Waals surface area (Å²) in [4.78, 5) is 32.4. The van der Waals surface area contributed by atoms with Crippen LogP contribution in [0.25, 0.3) is 11.5 Å². The van der Waals surface area contributed by atoms with Gasteiger partial charge in [-0.25, -0.2) is 0 Å². The molecule has 0 radical (unpaired) electrons. The van der Waals surface area contributed by atoms with Crippen molar-refractivity contribution in [1.82, 2.24) is 19.9 Å². The smallest absolute Gasteiger partial charge is 0.257 e. The van der Waals surface area contributed by atoms with Gasteiger partial charge in [-0.2, -0.15) is 4.98 Å². The van der Waals surface area contributed by atoms with Gasteiger partial charge >= 0.3 is 0 Å². The number of benzene rings is 1. The van der Waals surface area contributed by atoms with E-state index in [0.717, 1.165) is 18.4 Å². The minimum absolute atomic E-state index is 0.00411. The van der Waals surface area contributed by atoms with Gasteiger partial charge in [0.25, 0.3) is 11.8 Å². The number of morpholine rings is 1. The van der Waals surface area contributed by atoms with E-state index in [1.807, 2.05) is 19.2 Å². The molecule has 2 fully saturated rings. The highest BCUT2D eigenvalue weighted by Gasteiger charge is 2.31. The van der Waals surface area contributed by atoms with Crippen LogP contribution in [0.2, 0.25) is 0 Å². The number of likely N-dealkylation sites (N-methyl/N-ethyl adjacent to an activating group) is 1. The molecule has 1 saturated heterocycles. The van der Waals surface area contributed by atoms with Crippen LogP contribution in [-0.4, -0.2) is 71.7 Å². The molecule has 1 aromatic carbocycles. The first-order valence-electron chi connectivity index (χ1n) is 9.67. The number of nitrogens with zero attached hydrogens (tertiary/aromatic N) is 4. The van der Waals surface area contributed by atoms with Crippen LogP contribution < -0.4 is 0 Å². The predicted octanol–water partition coefficient (Wildman–Crippen LogP) is 1.62. The summed E-state index contributed by atoms with van der Waals surface area (Å²) < 4.78 is 10.6. The highest BCUT2D eigenvalue weighted by Crippen LogP contribution is 2.30. The first kappa shape index (κ1) is 18.6. The second-order valence-corrected chi connectivity index (χ2v) is 7.28. The molecule has 0 bridgehead atoms. The molecule has 0 N–H and O–H groups in total. The van der Waals surface area contributed by atoms with Gasteiger partial charge in [-0.3, -0.25) is 9.59 Å². The van der Waals surface area contributed by atoms with Crippen LogP contribution in [-0.2, 0) is 16.0 Å². The fourth-order valence-corrected chi connectivity index (χ4v) is 3.20. The van der Waals surface area contributed by atoms with Crippen molar-refractivity contribution in [3.05, 3.63) is 35.7 Å². The number of hydrogen-bond acceptors (Lipinski definition) is 6. The third-order valence-electron chi connectivity index (χ3n) is 5.12. The van der Waals surface area contributed by atoms with Crippen LogP contribution in [0.3, 0.4) is 0 Å². The van der Waals surface area contributed by atoms with Crippen LogP contribution in [0, 0.1) is 5.92 Å². The molecule has 28 heavy (non-hydrogen) atoms. The van der Waals surface area contributed by atoms with E-state index in [1.54, 1.807) is 21.9 Å². The molecule has 4 rings (SSSR count). The highest BCUT2D eigenvalue weighted by atomic mass is 16.5. The number of carbonyl (C=O) groups is 2. The number of aromatic nitrogens is 2. The highest BCUT2D eigenvalue weighted by molar-refractivity contribution is 5.94. The summed E-state index contributed by atoms with van der Waals surface area (Å²) in [5, 5.41) is 4.00. The number of ether oxygens (including phenoxy) is 1. The first-order valence-corrected chi connectivity index (χ1v) is 9.67. The zero-order chi connectivity index (χ0) is 19.5. The van der Waals surface area contributed by atoms with Crippen LogP contribution in [0.1, 0.15) is 29.0 Å². The molecular formula is C20H24N4O4. The summed E-state index contributed by atoms with van der Waals surface area (Å²) in [7, 11) is 1.81. The zero-order valence-corrected chi connectivity index (χ0v) is 16.0. The third kappa shape index (κ3) is 4.22. The average molecular weight is 384 g/mol. The Morgan fingerprint density at radius 1 is 1.18 bits per heavy atom. The van der Waals surface area contributed by atoms with Crippen molar-refractivity contribution in [2.24, 2.45) is 5.92 Å². The van der Waals surface area contributed by atoms with Gasteiger partial charge < -0.3 is 19.1 Å². The summed E-state index contributed by atoms with van der Waals surface area (Å²) in [6, 6.07) is 7.18. The lowest BCUT2D eigenvalue weighted by molar-refractivity contribution is -0.131. The van der Waals surface area contributed by atoms with Gasteiger partial charge in [0.2, 0.25) is 5.91 Å². The Hall–Kier alpha value is -2.74. The van der Waals surface area contributed by atoms with Gasteiger partial charge in [-0.1, -0.05) is 5.16 Å². The molecule has 8 nitrogen and oxygen atoms in total. The van der Waals surface area contributed by atoms with Crippen molar-refractivity contribution < 1.29 is 18.8 Å². The van der Waals surface area contributed by atoms with Crippen molar-refractivity contribution >= 4 is 11.8 Å². The summed E-state index contributed by atoms with van der Waals surface area (Å²) in [6.07, 6.45) is 2.55. The quantitative estimate of drug-likeness (QED) is 0.752. The maximum atomic E-state index is 12.5. The standard InChI is InChI=1S/C20H24N4O4/c1-23(19(25)15-6-7-15)9-8-17-21-18(28-22-17)14-2-4-16(5-3-14)20(26)24-10-12-27-13-11-24/h2-5,15H,6-13H2,1H3. The molecule has 2 aliphatic rings. The van der Waals surface area contributed by atoms with E-state index in [0.29, 0.717) is 56.5 Å². The van der Waals surface area contributed by atoms with Gasteiger partial charge in [0, 0.05) is 50.1 Å². The normalized spacial score (nSPS) is 16.8. The second-order valence-electron chi connectivity index (χ2n) is 7.28. The molecule has 2 amide bonds. The summed E-state index contributed by atoms with van der Waals surface area (Å²) >= 11 is 0. The van der Waals surface area contributed by atoms with Crippen molar-refractivity contribution in [3.8, 4) is 11.5 Å². The first-order chi connectivity index (χ1) is 13.6. The van der Waals surface area contributed by atoms with Crippen molar-refractivity contribution in [1.29, 1.82) is 0 Å². The maximum absolute atomic E-state index is 12.5. The molecule has 0 spiro atoms. The topological polar surface area (TPSA) is 88.8 Å². The average Bonchev–Trinajstić information content (AvgIpc) is 3.49. The maximum Gasteiger partial charge on any atom is 0.257 e. The lowest BCUT2D eigenvalue weighted by Gasteiger charge is -2.26. The Balaban J connectivity index is 1.35. The Bertz CT molecular complexity index is 838. The SMILES string of the molecule is CN(CCc1noc(-c2ccc(C(=O)N3CCOCC3)cc2)n1)C(=O)C1CC1. The van der Waals surface area contributed by atoms with Crippen LogP contribution in [0.5, 0.6) is 0 Å². The van der Waals surface area contributed by atoms with E-state index in [4.69, 9.17) is 9.26 Å².